The highest BCUT2D eigenvalue weighted by atomic mass is 15.4. The quantitative estimate of drug-likeness (QED) is 0.897. The summed E-state index contributed by atoms with van der Waals surface area (Å²) >= 11 is 0. The largest absolute Gasteiger partial charge is 0.394 e. The van der Waals surface area contributed by atoms with Gasteiger partial charge in [-0.15, -0.1) is 0 Å². The average molecular weight is 256 g/mol. The minimum absolute atomic E-state index is 0.593. The van der Waals surface area contributed by atoms with E-state index in [1.54, 1.807) is 0 Å². The third kappa shape index (κ3) is 2.07. The Morgan fingerprint density at radius 2 is 2.00 bits per heavy atom. The minimum atomic E-state index is 0.593. The highest BCUT2D eigenvalue weighted by molar-refractivity contribution is 5.66. The van der Waals surface area contributed by atoms with Crippen LogP contribution in [0.3, 0.4) is 0 Å². The van der Waals surface area contributed by atoms with Crippen LogP contribution in [0, 0.1) is 6.92 Å². The molecular formula is C15H20N4. The molecule has 0 aliphatic carbocycles. The first-order valence-corrected chi connectivity index (χ1v) is 6.76. The number of benzene rings is 1. The topological polar surface area (TPSA) is 47.1 Å². The molecule has 0 amide bonds. The summed E-state index contributed by atoms with van der Waals surface area (Å²) in [7, 11) is 1.97. The van der Waals surface area contributed by atoms with Gasteiger partial charge in [-0.2, -0.15) is 5.10 Å². The van der Waals surface area contributed by atoms with Crippen molar-refractivity contribution in [3.8, 4) is 0 Å². The van der Waals surface area contributed by atoms with Crippen molar-refractivity contribution in [1.29, 1.82) is 0 Å². The van der Waals surface area contributed by atoms with Gasteiger partial charge in [0.05, 0.1) is 11.4 Å². The number of nitrogens with zero attached hydrogens (tertiary/aromatic N) is 3. The Bertz CT molecular complexity index is 573. The van der Waals surface area contributed by atoms with Gasteiger partial charge in [-0.1, -0.05) is 30.3 Å². The molecule has 100 valence electrons. The smallest absolute Gasteiger partial charge is 0.150 e. The van der Waals surface area contributed by atoms with Gasteiger partial charge in [0.2, 0.25) is 0 Å². The van der Waals surface area contributed by atoms with Gasteiger partial charge in [0.25, 0.3) is 0 Å². The number of hydrogen-bond donors (Lipinski definition) is 1. The van der Waals surface area contributed by atoms with Crippen molar-refractivity contribution in [2.45, 2.75) is 19.3 Å². The van der Waals surface area contributed by atoms with E-state index in [0.29, 0.717) is 5.92 Å². The van der Waals surface area contributed by atoms with Crippen molar-refractivity contribution >= 4 is 11.5 Å². The van der Waals surface area contributed by atoms with E-state index in [-0.39, 0.29) is 0 Å². The number of hydrogen-bond acceptors (Lipinski definition) is 3. The number of aromatic nitrogens is 2. The second kappa shape index (κ2) is 4.61. The van der Waals surface area contributed by atoms with Gasteiger partial charge in [0.15, 0.2) is 0 Å². The van der Waals surface area contributed by atoms with Crippen LogP contribution in [-0.2, 0) is 7.05 Å². The maximum atomic E-state index is 6.14. The monoisotopic (exact) mass is 256 g/mol. The molecule has 0 spiro atoms. The summed E-state index contributed by atoms with van der Waals surface area (Å²) in [5.41, 5.74) is 9.29. The van der Waals surface area contributed by atoms with Crippen molar-refractivity contribution in [3.63, 3.8) is 0 Å². The maximum absolute atomic E-state index is 6.14. The molecule has 3 rings (SSSR count). The third-order valence-electron chi connectivity index (χ3n) is 4.00. The molecule has 2 heterocycles. The summed E-state index contributed by atoms with van der Waals surface area (Å²) in [5.74, 6) is 1.66. The SMILES string of the molecule is Cc1nn(C)c(N2CCC(c3ccccc3)C2)c1N. The second-order valence-electron chi connectivity index (χ2n) is 5.29. The first-order chi connectivity index (χ1) is 9.16. The number of aryl methyl sites for hydroxylation is 2. The van der Waals surface area contributed by atoms with Crippen molar-refractivity contribution in [2.24, 2.45) is 7.05 Å². The molecule has 1 aromatic heterocycles. The number of rotatable bonds is 2. The molecular weight excluding hydrogens is 236 g/mol. The van der Waals surface area contributed by atoms with E-state index in [4.69, 9.17) is 5.73 Å². The first-order valence-electron chi connectivity index (χ1n) is 6.76. The highest BCUT2D eigenvalue weighted by Gasteiger charge is 2.27. The predicted octanol–water partition coefficient (Wildman–Crippen LogP) is 2.30. The van der Waals surface area contributed by atoms with Crippen LogP contribution in [0.4, 0.5) is 11.5 Å². The zero-order chi connectivity index (χ0) is 13.4. The predicted molar refractivity (Wildman–Crippen MR) is 78.4 cm³/mol. The van der Waals surface area contributed by atoms with E-state index in [2.05, 4.69) is 40.3 Å². The van der Waals surface area contributed by atoms with Crippen molar-refractivity contribution < 1.29 is 0 Å². The van der Waals surface area contributed by atoms with E-state index in [1.807, 2.05) is 18.7 Å². The van der Waals surface area contributed by atoms with Crippen molar-refractivity contribution in [1.82, 2.24) is 9.78 Å². The van der Waals surface area contributed by atoms with Crippen LogP contribution >= 0.6 is 0 Å². The molecule has 2 N–H and O–H groups in total. The third-order valence-corrected chi connectivity index (χ3v) is 4.00. The summed E-state index contributed by atoms with van der Waals surface area (Å²) < 4.78 is 1.90. The van der Waals surface area contributed by atoms with Gasteiger partial charge >= 0.3 is 0 Å². The lowest BCUT2D eigenvalue weighted by Gasteiger charge is -2.19. The van der Waals surface area contributed by atoms with E-state index in [9.17, 15) is 0 Å². The molecule has 19 heavy (non-hydrogen) atoms. The zero-order valence-electron chi connectivity index (χ0n) is 11.5. The van der Waals surface area contributed by atoms with E-state index >= 15 is 0 Å². The Hall–Kier alpha value is -1.97. The molecule has 2 aromatic rings. The molecule has 1 aliphatic heterocycles. The molecule has 0 radical (unpaired) electrons. The standard InChI is InChI=1S/C15H20N4/c1-11-14(16)15(18(2)17-11)19-9-8-13(10-19)12-6-4-3-5-7-12/h3-7,13H,8-10,16H2,1-2H3. The molecule has 4 nitrogen and oxygen atoms in total. The van der Waals surface area contributed by atoms with Gasteiger partial charge < -0.3 is 10.6 Å². The summed E-state index contributed by atoms with van der Waals surface area (Å²) in [6.07, 6.45) is 1.17. The van der Waals surface area contributed by atoms with Crippen LogP contribution in [0.1, 0.15) is 23.6 Å². The Morgan fingerprint density at radius 3 is 2.63 bits per heavy atom. The number of nitrogens with two attached hydrogens (primary N) is 1. The van der Waals surface area contributed by atoms with Gasteiger partial charge in [0.1, 0.15) is 5.82 Å². The van der Waals surface area contributed by atoms with Crippen LogP contribution in [0.25, 0.3) is 0 Å². The maximum Gasteiger partial charge on any atom is 0.150 e. The fourth-order valence-corrected chi connectivity index (χ4v) is 2.99. The fraction of sp³-hybridized carbons (Fsp3) is 0.400. The zero-order valence-corrected chi connectivity index (χ0v) is 11.5. The number of anilines is 2. The minimum Gasteiger partial charge on any atom is -0.394 e. The second-order valence-corrected chi connectivity index (χ2v) is 5.29. The summed E-state index contributed by atoms with van der Waals surface area (Å²) in [4.78, 5) is 2.35. The molecule has 1 unspecified atom stereocenters. The summed E-state index contributed by atoms with van der Waals surface area (Å²) in [6, 6.07) is 10.7. The van der Waals surface area contributed by atoms with Crippen LogP contribution in [0.15, 0.2) is 30.3 Å². The van der Waals surface area contributed by atoms with Gasteiger partial charge in [-0.3, -0.25) is 4.68 Å². The van der Waals surface area contributed by atoms with Gasteiger partial charge in [-0.25, -0.2) is 0 Å². The Morgan fingerprint density at radius 1 is 1.26 bits per heavy atom. The molecule has 1 aliphatic rings. The summed E-state index contributed by atoms with van der Waals surface area (Å²) in [5, 5.41) is 4.40. The Balaban J connectivity index is 1.83. The van der Waals surface area contributed by atoms with Crippen LogP contribution < -0.4 is 10.6 Å². The molecule has 4 heteroatoms. The molecule has 1 saturated heterocycles. The molecule has 1 fully saturated rings. The van der Waals surface area contributed by atoms with Crippen molar-refractivity contribution in [3.05, 3.63) is 41.6 Å². The summed E-state index contributed by atoms with van der Waals surface area (Å²) in [6.45, 7) is 4.03. The van der Waals surface area contributed by atoms with E-state index < -0.39 is 0 Å². The Kier molecular flexibility index (Phi) is 2.93. The van der Waals surface area contributed by atoms with Gasteiger partial charge in [-0.05, 0) is 18.9 Å². The normalized spacial score (nSPS) is 19.1. The van der Waals surface area contributed by atoms with E-state index in [0.717, 1.165) is 30.3 Å². The van der Waals surface area contributed by atoms with Crippen LogP contribution in [0.5, 0.6) is 0 Å². The van der Waals surface area contributed by atoms with Crippen molar-refractivity contribution in [2.75, 3.05) is 23.7 Å². The molecule has 1 aromatic carbocycles. The molecule has 0 saturated carbocycles. The molecule has 1 atom stereocenters. The van der Waals surface area contributed by atoms with E-state index in [1.165, 1.54) is 12.0 Å². The first kappa shape index (κ1) is 12.1. The van der Waals surface area contributed by atoms with Crippen LogP contribution in [0.2, 0.25) is 0 Å². The lowest BCUT2D eigenvalue weighted by Crippen LogP contribution is -2.23. The highest BCUT2D eigenvalue weighted by Crippen LogP contribution is 2.34. The number of nitrogen functional groups attached to an aromatic ring is 1. The fourth-order valence-electron chi connectivity index (χ4n) is 2.99. The average Bonchev–Trinajstić information content (AvgIpc) is 2.97. The lowest BCUT2D eigenvalue weighted by molar-refractivity contribution is 0.726. The van der Waals surface area contributed by atoms with Gasteiger partial charge in [0, 0.05) is 26.1 Å². The van der Waals surface area contributed by atoms with Crippen LogP contribution in [-0.4, -0.2) is 22.9 Å². The lowest BCUT2D eigenvalue weighted by atomic mass is 9.99. The Labute approximate surface area is 113 Å². The molecule has 0 bridgehead atoms.